The van der Waals surface area contributed by atoms with Gasteiger partial charge in [0.1, 0.15) is 0 Å². The summed E-state index contributed by atoms with van der Waals surface area (Å²) in [5, 5.41) is 0.801. The zero-order chi connectivity index (χ0) is 12.1. The number of unbranched alkanes of at least 4 members (excludes halogenated alkanes) is 2. The fourth-order valence-electron chi connectivity index (χ4n) is 1.81. The van der Waals surface area contributed by atoms with Crippen LogP contribution in [-0.4, -0.2) is 11.1 Å². The van der Waals surface area contributed by atoms with Crippen molar-refractivity contribution in [2.75, 3.05) is 0 Å². The SMILES string of the molecule is CCCCCC(C)Oc1nc2ccccc2s1. The van der Waals surface area contributed by atoms with Gasteiger partial charge in [-0.25, -0.2) is 4.98 Å². The van der Waals surface area contributed by atoms with Crippen molar-refractivity contribution >= 4 is 21.6 Å². The van der Waals surface area contributed by atoms with E-state index in [4.69, 9.17) is 4.74 Å². The lowest BCUT2D eigenvalue weighted by atomic mass is 10.1. The molecule has 0 spiro atoms. The maximum atomic E-state index is 5.85. The third-order valence-corrected chi connectivity index (χ3v) is 3.72. The molecule has 0 aliphatic rings. The van der Waals surface area contributed by atoms with Gasteiger partial charge in [0.25, 0.3) is 5.19 Å². The van der Waals surface area contributed by atoms with Gasteiger partial charge in [-0.1, -0.05) is 43.2 Å². The van der Waals surface area contributed by atoms with E-state index in [0.29, 0.717) is 0 Å². The summed E-state index contributed by atoms with van der Waals surface area (Å²) in [5.74, 6) is 0. The van der Waals surface area contributed by atoms with Gasteiger partial charge in [-0.05, 0) is 31.9 Å². The first-order valence-corrected chi connectivity index (χ1v) is 7.13. The Hall–Kier alpha value is -1.09. The molecule has 2 aromatic rings. The monoisotopic (exact) mass is 249 g/mol. The highest BCUT2D eigenvalue weighted by atomic mass is 32.1. The molecule has 3 heteroatoms. The Bertz CT molecular complexity index is 433. The van der Waals surface area contributed by atoms with Crippen LogP contribution < -0.4 is 4.74 Å². The smallest absolute Gasteiger partial charge is 0.274 e. The third-order valence-electron chi connectivity index (χ3n) is 2.79. The first-order valence-electron chi connectivity index (χ1n) is 6.32. The van der Waals surface area contributed by atoms with Crippen LogP contribution in [0.4, 0.5) is 0 Å². The van der Waals surface area contributed by atoms with Crippen LogP contribution in [0.3, 0.4) is 0 Å². The number of hydrogen-bond acceptors (Lipinski definition) is 3. The molecule has 0 saturated carbocycles. The Balaban J connectivity index is 1.93. The van der Waals surface area contributed by atoms with Gasteiger partial charge in [-0.15, -0.1) is 0 Å². The summed E-state index contributed by atoms with van der Waals surface area (Å²) in [6.07, 6.45) is 5.16. The van der Waals surface area contributed by atoms with Crippen LogP contribution >= 0.6 is 11.3 Å². The number of fused-ring (bicyclic) bond motifs is 1. The molecule has 0 fully saturated rings. The largest absolute Gasteiger partial charge is 0.467 e. The van der Waals surface area contributed by atoms with Crippen molar-refractivity contribution in [3.05, 3.63) is 24.3 Å². The lowest BCUT2D eigenvalue weighted by molar-refractivity contribution is 0.206. The molecule has 1 heterocycles. The first kappa shape index (κ1) is 12.4. The standard InChI is InChI=1S/C14H19NOS/c1-3-4-5-8-11(2)16-14-15-12-9-6-7-10-13(12)17-14/h6-7,9-11H,3-5,8H2,1-2H3. The van der Waals surface area contributed by atoms with Crippen LogP contribution in [0.5, 0.6) is 5.19 Å². The first-order chi connectivity index (χ1) is 8.29. The van der Waals surface area contributed by atoms with E-state index < -0.39 is 0 Å². The van der Waals surface area contributed by atoms with Crippen molar-refractivity contribution in [2.24, 2.45) is 0 Å². The molecule has 0 bridgehead atoms. The molecule has 1 aromatic carbocycles. The van der Waals surface area contributed by atoms with Crippen molar-refractivity contribution < 1.29 is 4.74 Å². The summed E-state index contributed by atoms with van der Waals surface area (Å²) in [5.41, 5.74) is 1.04. The van der Waals surface area contributed by atoms with Crippen LogP contribution in [-0.2, 0) is 0 Å². The molecule has 0 aliphatic carbocycles. The predicted molar refractivity (Wildman–Crippen MR) is 73.9 cm³/mol. The minimum Gasteiger partial charge on any atom is -0.467 e. The summed E-state index contributed by atoms with van der Waals surface area (Å²) in [6, 6.07) is 8.16. The van der Waals surface area contributed by atoms with Gasteiger partial charge in [0.15, 0.2) is 0 Å². The number of para-hydroxylation sites is 1. The second-order valence-electron chi connectivity index (χ2n) is 4.37. The molecule has 2 nitrogen and oxygen atoms in total. The van der Waals surface area contributed by atoms with Gasteiger partial charge >= 0.3 is 0 Å². The van der Waals surface area contributed by atoms with Crippen LogP contribution in [0.25, 0.3) is 10.2 Å². The summed E-state index contributed by atoms with van der Waals surface area (Å²) in [6.45, 7) is 4.35. The molecule has 1 atom stereocenters. The molecule has 0 amide bonds. The highest BCUT2D eigenvalue weighted by molar-refractivity contribution is 7.20. The average Bonchev–Trinajstić information content (AvgIpc) is 2.71. The zero-order valence-electron chi connectivity index (χ0n) is 10.5. The van der Waals surface area contributed by atoms with Crippen molar-refractivity contribution in [3.8, 4) is 5.19 Å². The zero-order valence-corrected chi connectivity index (χ0v) is 11.3. The van der Waals surface area contributed by atoms with Crippen LogP contribution in [0.2, 0.25) is 0 Å². The van der Waals surface area contributed by atoms with E-state index in [1.165, 1.54) is 24.0 Å². The summed E-state index contributed by atoms with van der Waals surface area (Å²) in [4.78, 5) is 4.48. The molecule has 1 unspecified atom stereocenters. The highest BCUT2D eigenvalue weighted by Crippen LogP contribution is 2.28. The number of hydrogen-bond donors (Lipinski definition) is 0. The van der Waals surface area contributed by atoms with Crippen molar-refractivity contribution in [1.82, 2.24) is 4.98 Å². The average molecular weight is 249 g/mol. The molecule has 0 aliphatic heterocycles. The van der Waals surface area contributed by atoms with Gasteiger partial charge in [0.05, 0.1) is 16.3 Å². The molecule has 17 heavy (non-hydrogen) atoms. The second-order valence-corrected chi connectivity index (χ2v) is 5.36. The minimum absolute atomic E-state index is 0.266. The molecule has 2 rings (SSSR count). The van der Waals surface area contributed by atoms with Gasteiger partial charge in [0.2, 0.25) is 0 Å². The van der Waals surface area contributed by atoms with E-state index in [9.17, 15) is 0 Å². The number of aromatic nitrogens is 1. The van der Waals surface area contributed by atoms with Gasteiger partial charge < -0.3 is 4.74 Å². The minimum atomic E-state index is 0.266. The Morgan fingerprint density at radius 1 is 1.29 bits per heavy atom. The fraction of sp³-hybridized carbons (Fsp3) is 0.500. The number of ether oxygens (including phenoxy) is 1. The van der Waals surface area contributed by atoms with E-state index in [-0.39, 0.29) is 6.10 Å². The van der Waals surface area contributed by atoms with Crippen LogP contribution in [0.15, 0.2) is 24.3 Å². The number of thiazole rings is 1. The fourth-order valence-corrected chi connectivity index (χ4v) is 2.72. The lowest BCUT2D eigenvalue weighted by Gasteiger charge is -2.11. The quantitative estimate of drug-likeness (QED) is 0.695. The maximum Gasteiger partial charge on any atom is 0.274 e. The molecule has 0 saturated heterocycles. The Labute approximate surface area is 107 Å². The third kappa shape index (κ3) is 3.43. The van der Waals surface area contributed by atoms with Gasteiger partial charge in [-0.3, -0.25) is 0 Å². The van der Waals surface area contributed by atoms with Gasteiger partial charge in [-0.2, -0.15) is 0 Å². The summed E-state index contributed by atoms with van der Waals surface area (Å²) < 4.78 is 7.05. The topological polar surface area (TPSA) is 22.1 Å². The Morgan fingerprint density at radius 3 is 2.88 bits per heavy atom. The molecule has 0 radical (unpaired) electrons. The van der Waals surface area contributed by atoms with E-state index >= 15 is 0 Å². The van der Waals surface area contributed by atoms with E-state index in [1.54, 1.807) is 11.3 Å². The lowest BCUT2D eigenvalue weighted by Crippen LogP contribution is -2.11. The molecule has 1 aromatic heterocycles. The summed E-state index contributed by atoms with van der Waals surface area (Å²) >= 11 is 1.63. The normalized spacial score (nSPS) is 12.8. The maximum absolute atomic E-state index is 5.85. The molecule has 0 N–H and O–H groups in total. The van der Waals surface area contributed by atoms with Crippen LogP contribution in [0, 0.1) is 0 Å². The molecule has 92 valence electrons. The second kappa shape index (κ2) is 6.01. The van der Waals surface area contributed by atoms with Crippen molar-refractivity contribution in [3.63, 3.8) is 0 Å². The predicted octanol–water partition coefficient (Wildman–Crippen LogP) is 4.64. The van der Waals surface area contributed by atoms with Crippen LogP contribution in [0.1, 0.15) is 39.5 Å². The van der Waals surface area contributed by atoms with Crippen molar-refractivity contribution in [1.29, 1.82) is 0 Å². The van der Waals surface area contributed by atoms with E-state index in [2.05, 4.69) is 24.9 Å². The number of rotatable bonds is 6. The Morgan fingerprint density at radius 2 is 2.12 bits per heavy atom. The number of benzene rings is 1. The van der Waals surface area contributed by atoms with E-state index in [1.807, 2.05) is 18.2 Å². The van der Waals surface area contributed by atoms with Crippen molar-refractivity contribution in [2.45, 2.75) is 45.6 Å². The summed E-state index contributed by atoms with van der Waals surface area (Å²) in [7, 11) is 0. The molecular weight excluding hydrogens is 230 g/mol. The molecular formula is C14H19NOS. The van der Waals surface area contributed by atoms with E-state index in [0.717, 1.165) is 17.1 Å². The number of nitrogens with zero attached hydrogens (tertiary/aromatic N) is 1. The highest BCUT2D eigenvalue weighted by Gasteiger charge is 2.08. The Kier molecular flexibility index (Phi) is 4.37. The van der Waals surface area contributed by atoms with Gasteiger partial charge in [0, 0.05) is 0 Å².